The number of aromatic nitrogens is 4. The summed E-state index contributed by atoms with van der Waals surface area (Å²) in [6, 6.07) is 4.77. The Balaban J connectivity index is 2.13. The molecule has 0 bridgehead atoms. The van der Waals surface area contributed by atoms with Gasteiger partial charge in [-0.3, -0.25) is 0 Å². The monoisotopic (exact) mass is 303 g/mol. The zero-order valence-corrected chi connectivity index (χ0v) is 11.8. The molecule has 0 amide bonds. The number of tetrazole rings is 1. The van der Waals surface area contributed by atoms with Crippen LogP contribution in [0.2, 0.25) is 0 Å². The molecule has 0 radical (unpaired) electrons. The van der Waals surface area contributed by atoms with Crippen LogP contribution in [0.25, 0.3) is 0 Å². The number of carboxylic acid groups (broad SMARTS) is 1. The quantitative estimate of drug-likeness (QED) is 0.848. The summed E-state index contributed by atoms with van der Waals surface area (Å²) in [5.74, 6) is 0.345. The van der Waals surface area contributed by atoms with Crippen molar-refractivity contribution in [1.29, 1.82) is 0 Å². The number of allylic oxidation sites excluding steroid dienone is 1. The van der Waals surface area contributed by atoms with E-state index in [9.17, 15) is 9.90 Å². The zero-order chi connectivity index (χ0) is 15.7. The van der Waals surface area contributed by atoms with Crippen LogP contribution in [0.1, 0.15) is 11.6 Å². The Kier molecular flexibility index (Phi) is 3.37. The van der Waals surface area contributed by atoms with E-state index >= 15 is 0 Å². The van der Waals surface area contributed by atoms with Crippen LogP contribution in [0.3, 0.4) is 0 Å². The van der Waals surface area contributed by atoms with E-state index in [-0.39, 0.29) is 11.6 Å². The highest BCUT2D eigenvalue weighted by Crippen LogP contribution is 2.35. The third kappa shape index (κ3) is 2.22. The number of hydrogen-bond donors (Lipinski definition) is 2. The van der Waals surface area contributed by atoms with Crippen molar-refractivity contribution < 1.29 is 19.4 Å². The van der Waals surface area contributed by atoms with Crippen LogP contribution in [-0.2, 0) is 4.79 Å². The number of anilines is 1. The van der Waals surface area contributed by atoms with Crippen molar-refractivity contribution in [3.63, 3.8) is 0 Å². The minimum atomic E-state index is -1.09. The van der Waals surface area contributed by atoms with E-state index in [1.54, 1.807) is 25.3 Å². The molecule has 1 aromatic carbocycles. The molecule has 0 spiro atoms. The fourth-order valence-electron chi connectivity index (χ4n) is 2.26. The number of rotatable bonds is 4. The predicted molar refractivity (Wildman–Crippen MR) is 74.8 cm³/mol. The first-order valence-corrected chi connectivity index (χ1v) is 6.36. The van der Waals surface area contributed by atoms with Gasteiger partial charge < -0.3 is 19.9 Å². The minimum Gasteiger partial charge on any atom is -0.497 e. The lowest BCUT2D eigenvalue weighted by molar-refractivity contribution is -0.132. The van der Waals surface area contributed by atoms with Crippen molar-refractivity contribution in [2.24, 2.45) is 0 Å². The Hall–Kier alpha value is -3.10. The Morgan fingerprint density at radius 2 is 2.18 bits per heavy atom. The maximum atomic E-state index is 11.3. The standard InChI is InChI=1S/C13H13N5O4/c1-21-7-3-4-8(11(5-7)22-2)10-6-9(12(19)20)14-13-15-16-17-18(10)13/h3-6,10H,1-2H3,(H,19,20)(H,14,15,17)/t10-/m1/s1. The maximum absolute atomic E-state index is 11.3. The van der Waals surface area contributed by atoms with Gasteiger partial charge in [0.25, 0.3) is 0 Å². The fourth-order valence-corrected chi connectivity index (χ4v) is 2.26. The number of fused-ring (bicyclic) bond motifs is 1. The average Bonchev–Trinajstić information content (AvgIpc) is 3.01. The van der Waals surface area contributed by atoms with Gasteiger partial charge in [-0.15, -0.1) is 0 Å². The minimum absolute atomic E-state index is 0.00479. The molecule has 0 saturated heterocycles. The van der Waals surface area contributed by atoms with Crippen molar-refractivity contribution in [2.45, 2.75) is 6.04 Å². The maximum Gasteiger partial charge on any atom is 0.352 e. The number of carboxylic acids is 1. The zero-order valence-electron chi connectivity index (χ0n) is 11.8. The highest BCUT2D eigenvalue weighted by atomic mass is 16.5. The number of benzene rings is 1. The molecule has 22 heavy (non-hydrogen) atoms. The first-order chi connectivity index (χ1) is 10.6. The van der Waals surface area contributed by atoms with E-state index in [4.69, 9.17) is 9.47 Å². The van der Waals surface area contributed by atoms with Crippen molar-refractivity contribution in [2.75, 3.05) is 19.5 Å². The molecule has 114 valence electrons. The number of hydrogen-bond acceptors (Lipinski definition) is 7. The lowest BCUT2D eigenvalue weighted by Crippen LogP contribution is -2.24. The molecule has 3 rings (SSSR count). The van der Waals surface area contributed by atoms with Gasteiger partial charge in [0, 0.05) is 11.6 Å². The van der Waals surface area contributed by atoms with Crippen LogP contribution in [0.15, 0.2) is 30.0 Å². The van der Waals surface area contributed by atoms with Crippen LogP contribution >= 0.6 is 0 Å². The summed E-state index contributed by atoms with van der Waals surface area (Å²) in [4.78, 5) is 11.3. The Bertz CT molecular complexity index is 755. The molecule has 1 atom stereocenters. The van der Waals surface area contributed by atoms with Gasteiger partial charge in [0.1, 0.15) is 23.2 Å². The van der Waals surface area contributed by atoms with Crippen LogP contribution in [-0.4, -0.2) is 45.5 Å². The van der Waals surface area contributed by atoms with Crippen LogP contribution < -0.4 is 14.8 Å². The second-order valence-corrected chi connectivity index (χ2v) is 4.51. The van der Waals surface area contributed by atoms with E-state index in [2.05, 4.69) is 20.8 Å². The second-order valence-electron chi connectivity index (χ2n) is 4.51. The summed E-state index contributed by atoms with van der Waals surface area (Å²) in [5.41, 5.74) is 0.724. The Labute approximate surface area is 125 Å². The van der Waals surface area contributed by atoms with Gasteiger partial charge in [-0.1, -0.05) is 5.10 Å². The first kappa shape index (κ1) is 13.9. The van der Waals surface area contributed by atoms with Gasteiger partial charge in [-0.05, 0) is 28.6 Å². The number of nitrogens with one attached hydrogen (secondary N) is 1. The number of methoxy groups -OCH3 is 2. The lowest BCUT2D eigenvalue weighted by Gasteiger charge is -2.23. The van der Waals surface area contributed by atoms with Gasteiger partial charge in [0.2, 0.25) is 5.95 Å². The largest absolute Gasteiger partial charge is 0.497 e. The molecule has 9 heteroatoms. The molecule has 1 aromatic heterocycles. The van der Waals surface area contributed by atoms with Crippen molar-refractivity contribution in [3.8, 4) is 11.5 Å². The molecule has 2 heterocycles. The van der Waals surface area contributed by atoms with E-state index in [0.29, 0.717) is 11.5 Å². The average molecular weight is 303 g/mol. The number of carbonyl (C=O) groups is 1. The van der Waals surface area contributed by atoms with E-state index in [0.717, 1.165) is 5.56 Å². The summed E-state index contributed by atoms with van der Waals surface area (Å²) in [7, 11) is 3.09. The first-order valence-electron chi connectivity index (χ1n) is 6.36. The lowest BCUT2D eigenvalue weighted by atomic mass is 10.0. The third-order valence-electron chi connectivity index (χ3n) is 3.32. The number of aliphatic carboxylic acids is 1. The smallest absolute Gasteiger partial charge is 0.352 e. The molecule has 0 aliphatic carbocycles. The Morgan fingerprint density at radius 1 is 1.36 bits per heavy atom. The van der Waals surface area contributed by atoms with Gasteiger partial charge in [-0.25, -0.2) is 4.79 Å². The highest BCUT2D eigenvalue weighted by molar-refractivity contribution is 5.90. The summed E-state index contributed by atoms with van der Waals surface area (Å²) in [6.07, 6.45) is 1.52. The summed E-state index contributed by atoms with van der Waals surface area (Å²) < 4.78 is 12.0. The van der Waals surface area contributed by atoms with Gasteiger partial charge >= 0.3 is 5.97 Å². The molecule has 0 fully saturated rings. The van der Waals surface area contributed by atoms with Gasteiger partial charge in [0.15, 0.2) is 0 Å². The fraction of sp³-hybridized carbons (Fsp3) is 0.231. The molecule has 0 saturated carbocycles. The Morgan fingerprint density at radius 3 is 2.86 bits per heavy atom. The van der Waals surface area contributed by atoms with Crippen LogP contribution in [0, 0.1) is 0 Å². The summed E-state index contributed by atoms with van der Waals surface area (Å²) in [5, 5.41) is 23.1. The number of nitrogens with zero attached hydrogens (tertiary/aromatic N) is 4. The highest BCUT2D eigenvalue weighted by Gasteiger charge is 2.28. The van der Waals surface area contributed by atoms with E-state index in [1.807, 2.05) is 0 Å². The van der Waals surface area contributed by atoms with Gasteiger partial charge in [-0.2, -0.15) is 4.68 Å². The molecule has 9 nitrogen and oxygen atoms in total. The molecular weight excluding hydrogens is 290 g/mol. The normalized spacial score (nSPS) is 16.3. The van der Waals surface area contributed by atoms with Gasteiger partial charge in [0.05, 0.1) is 14.2 Å². The molecule has 1 aliphatic heterocycles. The SMILES string of the molecule is COc1ccc([C@H]2C=C(C(=O)O)Nc3nnnn32)c(OC)c1. The molecule has 2 N–H and O–H groups in total. The molecule has 0 unspecified atom stereocenters. The number of ether oxygens (including phenoxy) is 2. The van der Waals surface area contributed by atoms with Crippen LogP contribution in [0.4, 0.5) is 5.95 Å². The van der Waals surface area contributed by atoms with E-state index in [1.165, 1.54) is 17.9 Å². The topological polar surface area (TPSA) is 111 Å². The summed E-state index contributed by atoms with van der Waals surface area (Å²) in [6.45, 7) is 0. The molecule has 1 aliphatic rings. The third-order valence-corrected chi connectivity index (χ3v) is 3.32. The molecule has 2 aromatic rings. The van der Waals surface area contributed by atoms with E-state index < -0.39 is 12.0 Å². The van der Waals surface area contributed by atoms with Crippen molar-refractivity contribution in [1.82, 2.24) is 20.2 Å². The summed E-state index contributed by atoms with van der Waals surface area (Å²) >= 11 is 0. The second kappa shape index (κ2) is 5.35. The molecular formula is C13H13N5O4. The van der Waals surface area contributed by atoms with Crippen LogP contribution in [0.5, 0.6) is 11.5 Å². The van der Waals surface area contributed by atoms with Crippen molar-refractivity contribution in [3.05, 3.63) is 35.5 Å². The predicted octanol–water partition coefficient (Wildman–Crippen LogP) is 0.674. The van der Waals surface area contributed by atoms with Crippen molar-refractivity contribution >= 4 is 11.9 Å².